The van der Waals surface area contributed by atoms with Gasteiger partial charge in [0, 0.05) is 22.7 Å². The topological polar surface area (TPSA) is 59.8 Å². The van der Waals surface area contributed by atoms with Gasteiger partial charge in [-0.25, -0.2) is 4.79 Å². The van der Waals surface area contributed by atoms with Crippen molar-refractivity contribution in [2.75, 3.05) is 26.2 Å². The van der Waals surface area contributed by atoms with Gasteiger partial charge in [-0.3, -0.25) is 9.69 Å². The summed E-state index contributed by atoms with van der Waals surface area (Å²) in [6.45, 7) is 4.76. The summed E-state index contributed by atoms with van der Waals surface area (Å²) < 4.78 is 11.6. The summed E-state index contributed by atoms with van der Waals surface area (Å²) >= 11 is 6.21. The molecule has 1 aromatic heterocycles. The van der Waals surface area contributed by atoms with Crippen LogP contribution in [-0.4, -0.2) is 37.1 Å². The van der Waals surface area contributed by atoms with Crippen molar-refractivity contribution in [2.24, 2.45) is 0 Å². The predicted octanol–water partition coefficient (Wildman–Crippen LogP) is 5.49. The smallest absolute Gasteiger partial charge is 0.342 e. The third kappa shape index (κ3) is 5.12. The zero-order valence-electron chi connectivity index (χ0n) is 17.4. The Labute approximate surface area is 192 Å². The second-order valence-corrected chi connectivity index (χ2v) is 8.06. The number of halogens is 2. The van der Waals surface area contributed by atoms with Gasteiger partial charge in [-0.05, 0) is 45.0 Å². The van der Waals surface area contributed by atoms with Gasteiger partial charge < -0.3 is 9.15 Å². The van der Waals surface area contributed by atoms with Gasteiger partial charge in [0.15, 0.2) is 11.0 Å². The fourth-order valence-electron chi connectivity index (χ4n) is 3.90. The third-order valence-corrected chi connectivity index (χ3v) is 5.75. The highest BCUT2D eigenvalue weighted by atomic mass is 35.5. The number of fused-ring (bicyclic) bond motifs is 1. The lowest BCUT2D eigenvalue weighted by Gasteiger charge is -2.25. The Morgan fingerprint density at radius 1 is 1.13 bits per heavy atom. The van der Waals surface area contributed by atoms with Crippen LogP contribution >= 0.6 is 24.0 Å². The van der Waals surface area contributed by atoms with Gasteiger partial charge in [0.05, 0.1) is 5.39 Å². The molecular formula is C24H25Cl2NO4. The fourth-order valence-corrected chi connectivity index (χ4v) is 4.12. The standard InChI is InChI=1S/C24H24ClNO4.ClH/c1-16-21(27)19-14-18(25)15-20(23(19)30-22(16)17-8-4-2-5-9-17)24(28)29-13-12-26-10-6-3-7-11-26;/h2,4-5,8-9,14-15H,3,6-7,10-13H2,1H3;1H. The number of rotatable bonds is 5. The van der Waals surface area contributed by atoms with Crippen LogP contribution in [0.25, 0.3) is 22.3 Å². The molecule has 0 amide bonds. The summed E-state index contributed by atoms with van der Waals surface area (Å²) in [5, 5.41) is 0.576. The fraction of sp³-hybridized carbons (Fsp3) is 0.333. The third-order valence-electron chi connectivity index (χ3n) is 5.53. The Balaban J connectivity index is 0.00000272. The molecule has 2 heterocycles. The number of esters is 1. The SMILES string of the molecule is Cc1c(-c2ccccc2)oc2c(C(=O)OCCN3CCCCC3)cc(Cl)cc2c1=O.Cl. The maximum atomic E-state index is 13.0. The lowest BCUT2D eigenvalue weighted by molar-refractivity contribution is 0.0453. The molecule has 4 rings (SSSR count). The number of piperidine rings is 1. The van der Waals surface area contributed by atoms with E-state index in [1.54, 1.807) is 6.92 Å². The number of carbonyl (C=O) groups is 1. The van der Waals surface area contributed by atoms with Crippen LogP contribution in [0.3, 0.4) is 0 Å². The quantitative estimate of drug-likeness (QED) is 0.470. The molecule has 2 aromatic carbocycles. The normalized spacial score (nSPS) is 14.3. The van der Waals surface area contributed by atoms with Crippen molar-refractivity contribution in [1.29, 1.82) is 0 Å². The van der Waals surface area contributed by atoms with Crippen molar-refractivity contribution in [1.82, 2.24) is 4.90 Å². The first-order chi connectivity index (χ1) is 14.5. The lowest BCUT2D eigenvalue weighted by atomic mass is 10.0. The number of ether oxygens (including phenoxy) is 1. The van der Waals surface area contributed by atoms with Crippen molar-refractivity contribution >= 4 is 40.9 Å². The van der Waals surface area contributed by atoms with E-state index in [2.05, 4.69) is 4.90 Å². The van der Waals surface area contributed by atoms with E-state index >= 15 is 0 Å². The van der Waals surface area contributed by atoms with E-state index in [1.165, 1.54) is 31.4 Å². The molecule has 0 bridgehead atoms. The van der Waals surface area contributed by atoms with Crippen LogP contribution < -0.4 is 5.43 Å². The van der Waals surface area contributed by atoms with E-state index in [-0.39, 0.29) is 41.0 Å². The van der Waals surface area contributed by atoms with Gasteiger partial charge in [-0.15, -0.1) is 12.4 Å². The van der Waals surface area contributed by atoms with E-state index in [1.807, 2.05) is 30.3 Å². The number of likely N-dealkylation sites (tertiary alicyclic amines) is 1. The van der Waals surface area contributed by atoms with Gasteiger partial charge in [-0.1, -0.05) is 48.4 Å². The molecule has 0 unspecified atom stereocenters. The van der Waals surface area contributed by atoms with Gasteiger partial charge in [0.25, 0.3) is 0 Å². The molecule has 0 saturated carbocycles. The molecule has 0 aliphatic carbocycles. The molecule has 0 N–H and O–H groups in total. The van der Waals surface area contributed by atoms with E-state index in [4.69, 9.17) is 20.8 Å². The van der Waals surface area contributed by atoms with Crippen molar-refractivity contribution in [3.8, 4) is 11.3 Å². The first-order valence-corrected chi connectivity index (χ1v) is 10.6. The molecule has 164 valence electrons. The van der Waals surface area contributed by atoms with Crippen LogP contribution in [0.5, 0.6) is 0 Å². The molecule has 0 radical (unpaired) electrons. The van der Waals surface area contributed by atoms with Crippen LogP contribution in [0.15, 0.2) is 51.7 Å². The highest BCUT2D eigenvalue weighted by molar-refractivity contribution is 6.32. The van der Waals surface area contributed by atoms with Crippen LogP contribution in [0.4, 0.5) is 0 Å². The van der Waals surface area contributed by atoms with Crippen LogP contribution in [-0.2, 0) is 4.74 Å². The summed E-state index contributed by atoms with van der Waals surface area (Å²) in [4.78, 5) is 28.1. The average molecular weight is 462 g/mol. The molecule has 5 nitrogen and oxygen atoms in total. The lowest BCUT2D eigenvalue weighted by Crippen LogP contribution is -2.33. The maximum absolute atomic E-state index is 13.0. The maximum Gasteiger partial charge on any atom is 0.342 e. The zero-order valence-corrected chi connectivity index (χ0v) is 18.9. The van der Waals surface area contributed by atoms with Gasteiger partial charge in [0.2, 0.25) is 0 Å². The van der Waals surface area contributed by atoms with Crippen molar-refractivity contribution in [3.05, 3.63) is 68.8 Å². The van der Waals surface area contributed by atoms with E-state index in [9.17, 15) is 9.59 Å². The average Bonchev–Trinajstić information content (AvgIpc) is 2.77. The molecule has 0 spiro atoms. The van der Waals surface area contributed by atoms with Crippen molar-refractivity contribution in [2.45, 2.75) is 26.2 Å². The largest absolute Gasteiger partial charge is 0.461 e. The van der Waals surface area contributed by atoms with Gasteiger partial charge in [-0.2, -0.15) is 0 Å². The highest BCUT2D eigenvalue weighted by Crippen LogP contribution is 2.29. The second kappa shape index (κ2) is 10.3. The minimum atomic E-state index is -0.537. The van der Waals surface area contributed by atoms with Crippen molar-refractivity contribution in [3.63, 3.8) is 0 Å². The molecule has 3 aromatic rings. The molecular weight excluding hydrogens is 437 g/mol. The molecule has 1 fully saturated rings. The summed E-state index contributed by atoms with van der Waals surface area (Å²) in [6, 6.07) is 12.4. The molecule has 7 heteroatoms. The molecule has 1 aliphatic heterocycles. The second-order valence-electron chi connectivity index (χ2n) is 7.62. The first kappa shape index (κ1) is 23.3. The Kier molecular flexibility index (Phi) is 7.76. The number of nitrogens with zero attached hydrogens (tertiary/aromatic N) is 1. The number of hydrogen-bond acceptors (Lipinski definition) is 5. The predicted molar refractivity (Wildman–Crippen MR) is 125 cm³/mol. The van der Waals surface area contributed by atoms with E-state index in [0.717, 1.165) is 18.7 Å². The van der Waals surface area contributed by atoms with Crippen LogP contribution in [0.2, 0.25) is 5.02 Å². The number of carbonyl (C=O) groups excluding carboxylic acids is 1. The Morgan fingerprint density at radius 2 is 1.84 bits per heavy atom. The molecule has 0 atom stereocenters. The summed E-state index contributed by atoms with van der Waals surface area (Å²) in [5.74, 6) is -0.0942. The monoisotopic (exact) mass is 461 g/mol. The van der Waals surface area contributed by atoms with E-state index < -0.39 is 5.97 Å². The Morgan fingerprint density at radius 3 is 2.55 bits per heavy atom. The Bertz CT molecular complexity index is 1120. The summed E-state index contributed by atoms with van der Waals surface area (Å²) in [7, 11) is 0. The molecule has 31 heavy (non-hydrogen) atoms. The first-order valence-electron chi connectivity index (χ1n) is 10.3. The van der Waals surface area contributed by atoms with Crippen molar-refractivity contribution < 1.29 is 13.9 Å². The summed E-state index contributed by atoms with van der Waals surface area (Å²) in [5.41, 5.74) is 1.41. The van der Waals surface area contributed by atoms with E-state index in [0.29, 0.717) is 22.9 Å². The molecule has 1 saturated heterocycles. The number of hydrogen-bond donors (Lipinski definition) is 0. The van der Waals surface area contributed by atoms with Crippen LogP contribution in [0.1, 0.15) is 35.2 Å². The van der Waals surface area contributed by atoms with Crippen LogP contribution in [0, 0.1) is 6.92 Å². The Hall–Kier alpha value is -2.34. The van der Waals surface area contributed by atoms with Gasteiger partial charge >= 0.3 is 5.97 Å². The zero-order chi connectivity index (χ0) is 21.1. The van der Waals surface area contributed by atoms with Gasteiger partial charge in [0.1, 0.15) is 17.9 Å². The minimum absolute atomic E-state index is 0. The highest BCUT2D eigenvalue weighted by Gasteiger charge is 2.21. The number of benzene rings is 2. The summed E-state index contributed by atoms with van der Waals surface area (Å²) in [6.07, 6.45) is 3.62. The minimum Gasteiger partial charge on any atom is -0.461 e. The molecule has 1 aliphatic rings.